The van der Waals surface area contributed by atoms with Gasteiger partial charge in [-0.2, -0.15) is 0 Å². The summed E-state index contributed by atoms with van der Waals surface area (Å²) in [5.74, 6) is -1.47. The smallest absolute Gasteiger partial charge is 0.337 e. The molecule has 6 nitrogen and oxygen atoms in total. The summed E-state index contributed by atoms with van der Waals surface area (Å²) in [7, 11) is 1.61. The second-order valence-corrected chi connectivity index (χ2v) is 6.21. The predicted octanol–water partition coefficient (Wildman–Crippen LogP) is 3.05. The van der Waals surface area contributed by atoms with Crippen molar-refractivity contribution >= 4 is 40.3 Å². The molecule has 1 unspecified atom stereocenters. The highest BCUT2D eigenvalue weighted by Gasteiger charge is 2.43. The highest BCUT2D eigenvalue weighted by atomic mass is 32.2. The summed E-state index contributed by atoms with van der Waals surface area (Å²) in [5.41, 5.74) is 0.972. The molecule has 1 atom stereocenters. The summed E-state index contributed by atoms with van der Waals surface area (Å²) in [5, 5.41) is 8.12. The lowest BCUT2D eigenvalue weighted by Crippen LogP contribution is -2.40. The lowest BCUT2D eigenvalue weighted by Gasteiger charge is -2.25. The summed E-state index contributed by atoms with van der Waals surface area (Å²) in [4.78, 5) is 39.0. The molecule has 0 saturated carbocycles. The standard InChI is InChI=1S/C17H14N2O4S/c1-18(13-10-6-5-9-12(13)16(21)22)15-14(20)19(17(23)24-15)11-7-3-2-4-8-11/h2-10,15H,1H3,(H,21,22). The van der Waals surface area contributed by atoms with Gasteiger partial charge in [-0.25, -0.2) is 9.69 Å². The minimum Gasteiger partial charge on any atom is -0.478 e. The van der Waals surface area contributed by atoms with Crippen LogP contribution in [0.5, 0.6) is 0 Å². The molecule has 24 heavy (non-hydrogen) atoms. The fraction of sp³-hybridized carbons (Fsp3) is 0.118. The molecule has 1 saturated heterocycles. The highest BCUT2D eigenvalue weighted by molar-refractivity contribution is 8.16. The molecule has 7 heteroatoms. The van der Waals surface area contributed by atoms with Crippen LogP contribution in [-0.2, 0) is 4.79 Å². The predicted molar refractivity (Wildman–Crippen MR) is 92.5 cm³/mol. The van der Waals surface area contributed by atoms with Gasteiger partial charge in [-0.15, -0.1) is 0 Å². The van der Waals surface area contributed by atoms with Crippen molar-refractivity contribution < 1.29 is 19.5 Å². The summed E-state index contributed by atoms with van der Waals surface area (Å²) in [6.07, 6.45) is 0. The number of rotatable bonds is 4. The number of aromatic carboxylic acids is 1. The molecule has 0 bridgehead atoms. The van der Waals surface area contributed by atoms with E-state index in [-0.39, 0.29) is 16.7 Å². The second kappa shape index (κ2) is 6.37. The van der Waals surface area contributed by atoms with Crippen molar-refractivity contribution in [3.63, 3.8) is 0 Å². The molecule has 0 aliphatic carbocycles. The summed E-state index contributed by atoms with van der Waals surface area (Å²) in [6.45, 7) is 0. The van der Waals surface area contributed by atoms with E-state index in [1.54, 1.807) is 55.6 Å². The van der Waals surface area contributed by atoms with E-state index in [0.717, 1.165) is 16.7 Å². The molecule has 2 aromatic rings. The van der Waals surface area contributed by atoms with E-state index in [1.165, 1.54) is 11.0 Å². The van der Waals surface area contributed by atoms with E-state index in [1.807, 2.05) is 0 Å². The van der Waals surface area contributed by atoms with Crippen molar-refractivity contribution in [3.8, 4) is 0 Å². The van der Waals surface area contributed by atoms with E-state index >= 15 is 0 Å². The summed E-state index contributed by atoms with van der Waals surface area (Å²) < 4.78 is 0. The number of carbonyl (C=O) groups excluding carboxylic acids is 2. The average Bonchev–Trinajstić information content (AvgIpc) is 2.89. The van der Waals surface area contributed by atoms with E-state index in [9.17, 15) is 19.5 Å². The zero-order valence-electron chi connectivity index (χ0n) is 12.7. The van der Waals surface area contributed by atoms with Crippen molar-refractivity contribution in [2.75, 3.05) is 16.8 Å². The monoisotopic (exact) mass is 342 g/mol. The van der Waals surface area contributed by atoms with Gasteiger partial charge >= 0.3 is 5.97 Å². The van der Waals surface area contributed by atoms with Crippen LogP contribution in [0.15, 0.2) is 54.6 Å². The number of carbonyl (C=O) groups is 3. The van der Waals surface area contributed by atoms with E-state index in [0.29, 0.717) is 11.4 Å². The molecule has 1 N–H and O–H groups in total. The maximum absolute atomic E-state index is 12.7. The molecule has 1 aliphatic heterocycles. The Morgan fingerprint density at radius 2 is 1.71 bits per heavy atom. The Morgan fingerprint density at radius 3 is 2.38 bits per heavy atom. The number of carboxylic acid groups (broad SMARTS) is 1. The molecular weight excluding hydrogens is 328 g/mol. The molecule has 0 aromatic heterocycles. The average molecular weight is 342 g/mol. The van der Waals surface area contributed by atoms with Crippen molar-refractivity contribution in [1.82, 2.24) is 0 Å². The molecule has 2 amide bonds. The van der Waals surface area contributed by atoms with Crippen molar-refractivity contribution in [2.24, 2.45) is 0 Å². The van der Waals surface area contributed by atoms with Crippen LogP contribution in [-0.4, -0.2) is 34.6 Å². The number of nitrogens with zero attached hydrogens (tertiary/aromatic N) is 2. The first-order chi connectivity index (χ1) is 11.5. The maximum atomic E-state index is 12.7. The zero-order valence-corrected chi connectivity index (χ0v) is 13.6. The molecule has 3 rings (SSSR count). The van der Waals surface area contributed by atoms with Gasteiger partial charge in [0.25, 0.3) is 11.1 Å². The Morgan fingerprint density at radius 1 is 1.08 bits per heavy atom. The van der Waals surface area contributed by atoms with Crippen LogP contribution >= 0.6 is 11.8 Å². The number of thioether (sulfide) groups is 1. The number of para-hydroxylation sites is 2. The Balaban J connectivity index is 1.93. The molecule has 0 radical (unpaired) electrons. The van der Waals surface area contributed by atoms with Crippen LogP contribution in [0.4, 0.5) is 16.2 Å². The van der Waals surface area contributed by atoms with Crippen molar-refractivity contribution in [1.29, 1.82) is 0 Å². The minimum absolute atomic E-state index is 0.0824. The lowest BCUT2D eigenvalue weighted by molar-refractivity contribution is -0.116. The molecule has 122 valence electrons. The highest BCUT2D eigenvalue weighted by Crippen LogP contribution is 2.35. The van der Waals surface area contributed by atoms with Crippen LogP contribution in [0.3, 0.4) is 0 Å². The van der Waals surface area contributed by atoms with Gasteiger partial charge in [0.1, 0.15) is 0 Å². The SMILES string of the molecule is CN(c1ccccc1C(=O)O)C1SC(=O)N(c2ccccc2)C1=O. The largest absolute Gasteiger partial charge is 0.478 e. The van der Waals surface area contributed by atoms with Gasteiger partial charge in [-0.05, 0) is 36.0 Å². The third kappa shape index (κ3) is 2.74. The summed E-state index contributed by atoms with van der Waals surface area (Å²) in [6, 6.07) is 15.1. The number of imide groups is 1. The molecule has 1 aliphatic rings. The number of likely N-dealkylation sites (N-methyl/N-ethyl adjacent to an activating group) is 1. The lowest BCUT2D eigenvalue weighted by atomic mass is 10.1. The summed E-state index contributed by atoms with van der Waals surface area (Å²) >= 11 is 0.870. The Hall–Kier alpha value is -2.80. The zero-order chi connectivity index (χ0) is 17.3. The topological polar surface area (TPSA) is 77.9 Å². The van der Waals surface area contributed by atoms with Gasteiger partial charge < -0.3 is 10.0 Å². The normalized spacial score (nSPS) is 17.2. The maximum Gasteiger partial charge on any atom is 0.337 e. The Bertz CT molecular complexity index is 809. The van der Waals surface area contributed by atoms with Gasteiger partial charge in [0.2, 0.25) is 0 Å². The third-order valence-corrected chi connectivity index (χ3v) is 4.83. The van der Waals surface area contributed by atoms with Gasteiger partial charge in [0, 0.05) is 7.05 Å². The first-order valence-corrected chi connectivity index (χ1v) is 8.03. The van der Waals surface area contributed by atoms with Gasteiger partial charge in [0.15, 0.2) is 5.37 Å². The number of hydrogen-bond donors (Lipinski definition) is 1. The van der Waals surface area contributed by atoms with Crippen LogP contribution in [0.25, 0.3) is 0 Å². The molecule has 2 aromatic carbocycles. The molecular formula is C17H14N2O4S. The molecule has 0 spiro atoms. The Labute approximate surface area is 142 Å². The van der Waals surface area contributed by atoms with Crippen LogP contribution < -0.4 is 9.80 Å². The fourth-order valence-corrected chi connectivity index (χ4v) is 3.51. The Kier molecular flexibility index (Phi) is 4.26. The number of hydrogen-bond acceptors (Lipinski definition) is 5. The van der Waals surface area contributed by atoms with E-state index in [2.05, 4.69) is 0 Å². The number of carboxylic acids is 1. The first kappa shape index (κ1) is 16.1. The van der Waals surface area contributed by atoms with E-state index in [4.69, 9.17) is 0 Å². The number of benzene rings is 2. The first-order valence-electron chi connectivity index (χ1n) is 7.15. The molecule has 1 heterocycles. The van der Waals surface area contributed by atoms with Crippen LogP contribution in [0.2, 0.25) is 0 Å². The van der Waals surface area contributed by atoms with Crippen LogP contribution in [0, 0.1) is 0 Å². The third-order valence-electron chi connectivity index (χ3n) is 3.71. The molecule has 1 fully saturated rings. The number of anilines is 2. The van der Waals surface area contributed by atoms with Crippen LogP contribution in [0.1, 0.15) is 10.4 Å². The van der Waals surface area contributed by atoms with E-state index < -0.39 is 11.3 Å². The second-order valence-electron chi connectivity index (χ2n) is 5.18. The number of amides is 2. The van der Waals surface area contributed by atoms with Gasteiger partial charge in [0.05, 0.1) is 16.9 Å². The minimum atomic E-state index is -1.08. The van der Waals surface area contributed by atoms with Gasteiger partial charge in [-0.3, -0.25) is 9.59 Å². The van der Waals surface area contributed by atoms with Crippen molar-refractivity contribution in [3.05, 3.63) is 60.2 Å². The fourth-order valence-electron chi connectivity index (χ4n) is 2.54. The van der Waals surface area contributed by atoms with Crippen molar-refractivity contribution in [2.45, 2.75) is 5.37 Å². The van der Waals surface area contributed by atoms with Gasteiger partial charge in [-0.1, -0.05) is 30.3 Å². The quantitative estimate of drug-likeness (QED) is 0.920.